The first-order valence-electron chi connectivity index (χ1n) is 14.9. The Morgan fingerprint density at radius 1 is 0.872 bits per heavy atom. The summed E-state index contributed by atoms with van der Waals surface area (Å²) in [7, 11) is 1.57. The number of aliphatic carboxylic acids is 1. The zero-order valence-electron chi connectivity index (χ0n) is 26.1. The number of hydrogen-bond donors (Lipinski definition) is 4. The quantitative estimate of drug-likeness (QED) is 0.129. The van der Waals surface area contributed by atoms with Crippen LogP contribution >= 0.6 is 0 Å². The van der Waals surface area contributed by atoms with Gasteiger partial charge in [0, 0.05) is 29.3 Å². The third-order valence-corrected chi connectivity index (χ3v) is 7.60. The van der Waals surface area contributed by atoms with Gasteiger partial charge in [-0.1, -0.05) is 42.5 Å². The van der Waals surface area contributed by atoms with E-state index >= 15 is 0 Å². The van der Waals surface area contributed by atoms with E-state index in [0.29, 0.717) is 33.7 Å². The van der Waals surface area contributed by atoms with Gasteiger partial charge in [-0.05, 0) is 79.9 Å². The summed E-state index contributed by atoms with van der Waals surface area (Å²) in [6.07, 6.45) is -0.224. The van der Waals surface area contributed by atoms with Gasteiger partial charge < -0.3 is 29.9 Å². The number of nitrogens with zero attached hydrogens (tertiary/aromatic N) is 1. The molecule has 3 aromatic carbocycles. The van der Waals surface area contributed by atoms with Crippen LogP contribution in [0.2, 0.25) is 0 Å². The van der Waals surface area contributed by atoms with E-state index in [1.807, 2.05) is 32.9 Å². The summed E-state index contributed by atoms with van der Waals surface area (Å²) < 4.78 is 35.3. The van der Waals surface area contributed by atoms with Gasteiger partial charge >= 0.3 is 35.5 Å². The summed E-state index contributed by atoms with van der Waals surface area (Å²) in [5.74, 6) is -1.86. The number of nitrogens with one attached hydrogen (secondary N) is 1. The monoisotopic (exact) mass is 656 g/mol. The van der Waals surface area contributed by atoms with Crippen molar-refractivity contribution in [2.45, 2.75) is 57.9 Å². The first-order valence-corrected chi connectivity index (χ1v) is 14.9. The van der Waals surface area contributed by atoms with E-state index < -0.39 is 48.2 Å². The topological polar surface area (TPSA) is 121 Å². The Hall–Kier alpha value is -3.80. The van der Waals surface area contributed by atoms with Gasteiger partial charge in [0.05, 0.1) is 31.8 Å². The molecule has 1 unspecified atom stereocenters. The molecule has 11 heteroatoms. The number of hydrogen-bond acceptors (Lipinski definition) is 5. The van der Waals surface area contributed by atoms with E-state index in [1.54, 1.807) is 54.2 Å². The van der Waals surface area contributed by atoms with Crippen LogP contribution in [-0.4, -0.2) is 80.6 Å². The number of amides is 1. The van der Waals surface area contributed by atoms with Crippen molar-refractivity contribution < 1.29 is 38.4 Å². The number of carboxylic acid groups (broad SMARTS) is 1. The number of aromatic nitrogens is 1. The number of carbonyl (C=O) groups excluding carboxylic acids is 1. The van der Waals surface area contributed by atoms with E-state index in [2.05, 4.69) is 5.32 Å². The molecule has 0 radical (unpaired) electrons. The average Bonchev–Trinajstić information content (AvgIpc) is 3.36. The van der Waals surface area contributed by atoms with Crippen molar-refractivity contribution >= 4 is 47.5 Å². The van der Waals surface area contributed by atoms with E-state index in [0.717, 1.165) is 5.56 Å². The van der Waals surface area contributed by atoms with Crippen LogP contribution < -0.4 is 10.1 Å². The van der Waals surface area contributed by atoms with Gasteiger partial charge in [0.2, 0.25) is 0 Å². The molecule has 244 valence electrons. The van der Waals surface area contributed by atoms with Crippen LogP contribution in [0.5, 0.6) is 5.75 Å². The van der Waals surface area contributed by atoms with Gasteiger partial charge in [0.25, 0.3) is 5.91 Å². The molecule has 0 fully saturated rings. The molecule has 0 aliphatic heterocycles. The summed E-state index contributed by atoms with van der Waals surface area (Å²) >= 11 is 0. The van der Waals surface area contributed by atoms with Gasteiger partial charge in [-0.15, -0.1) is 0 Å². The summed E-state index contributed by atoms with van der Waals surface area (Å²) in [6, 6.07) is 18.0. The molecule has 0 aliphatic carbocycles. The molecule has 8 nitrogen and oxygen atoms in total. The van der Waals surface area contributed by atoms with Crippen LogP contribution in [0.4, 0.5) is 8.78 Å². The molecule has 3 atom stereocenters. The number of rotatable bonds is 13. The third-order valence-electron chi connectivity index (χ3n) is 7.60. The summed E-state index contributed by atoms with van der Waals surface area (Å²) in [6.45, 7) is 5.62. The zero-order valence-corrected chi connectivity index (χ0v) is 26.1. The Balaban J connectivity index is 0.00000600. The molecule has 0 bridgehead atoms. The molecule has 0 spiro atoms. The second kappa shape index (κ2) is 16.9. The Labute approximate surface area is 295 Å². The molecule has 4 aromatic rings. The molecular formula is C36H39F2N2NaO6. The molecule has 47 heavy (non-hydrogen) atoms. The first kappa shape index (κ1) is 37.7. The van der Waals surface area contributed by atoms with Crippen molar-refractivity contribution in [3.05, 3.63) is 107 Å². The predicted molar refractivity (Wildman–Crippen MR) is 180 cm³/mol. The second-order valence-electron chi connectivity index (χ2n) is 11.3. The van der Waals surface area contributed by atoms with Gasteiger partial charge in [-0.25, -0.2) is 8.78 Å². The van der Waals surface area contributed by atoms with Crippen LogP contribution in [-0.2, 0) is 4.79 Å². The van der Waals surface area contributed by atoms with E-state index in [1.165, 1.54) is 30.3 Å². The minimum atomic E-state index is -1.28. The zero-order chi connectivity index (χ0) is 33.5. The molecule has 0 aliphatic rings. The molecule has 1 heterocycles. The summed E-state index contributed by atoms with van der Waals surface area (Å²) in [4.78, 5) is 25.3. The maximum absolute atomic E-state index is 14.3. The normalized spacial score (nSPS) is 13.2. The number of benzene rings is 3. The number of methoxy groups -OCH3 is 1. The minimum absolute atomic E-state index is 0. The maximum atomic E-state index is 14.3. The predicted octanol–water partition coefficient (Wildman–Crippen LogP) is 6.13. The second-order valence-corrected chi connectivity index (χ2v) is 11.3. The molecule has 1 aromatic heterocycles. The average molecular weight is 657 g/mol. The van der Waals surface area contributed by atoms with Gasteiger partial charge in [-0.3, -0.25) is 9.59 Å². The first-order chi connectivity index (χ1) is 21.9. The van der Waals surface area contributed by atoms with Crippen molar-refractivity contribution in [3.63, 3.8) is 0 Å². The third kappa shape index (κ3) is 9.39. The standard InChI is InChI=1S/C36H38F2N2O6.Na.H/c1-21(2)40-31(18-15-28(41)19-29(42)20-32(43)44)33(24-5-11-26(37)12-6-24)34(25-7-13-27(38)14-8-25)35(40)36(45)39-22(3)23-9-16-30(46-4)17-10-23;;/h5-18,21-22,28-29,41-42H,19-20H2,1-4H3,(H,39,45)(H,43,44);;/t22?,28-,29+;;/m1../s1. The SMILES string of the molecule is COc1ccc(C(C)NC(=O)c2c(-c3ccc(F)cc3)c(-c3ccc(F)cc3)c(C=C[C@@H](O)C[C@H](O)CC(=O)O)n2C(C)C)cc1.[NaH]. The summed E-state index contributed by atoms with van der Waals surface area (Å²) in [5, 5.41) is 32.9. The van der Waals surface area contributed by atoms with E-state index in [-0.39, 0.29) is 47.7 Å². The van der Waals surface area contributed by atoms with E-state index in [4.69, 9.17) is 9.84 Å². The van der Waals surface area contributed by atoms with Crippen LogP contribution in [0, 0.1) is 11.6 Å². The Morgan fingerprint density at radius 2 is 1.40 bits per heavy atom. The fraction of sp³-hybridized carbons (Fsp3) is 0.278. The van der Waals surface area contributed by atoms with Crippen molar-refractivity contribution in [2.75, 3.05) is 7.11 Å². The van der Waals surface area contributed by atoms with Crippen LogP contribution in [0.3, 0.4) is 0 Å². The van der Waals surface area contributed by atoms with Crippen LogP contribution in [0.25, 0.3) is 28.3 Å². The van der Waals surface area contributed by atoms with Gasteiger partial charge in [0.15, 0.2) is 0 Å². The Morgan fingerprint density at radius 3 is 1.89 bits per heavy atom. The summed E-state index contributed by atoms with van der Waals surface area (Å²) in [5.41, 5.74) is 3.71. The number of ether oxygens (including phenoxy) is 1. The van der Waals surface area contributed by atoms with Crippen molar-refractivity contribution in [3.8, 4) is 28.0 Å². The molecule has 0 saturated heterocycles. The van der Waals surface area contributed by atoms with Gasteiger partial charge in [0.1, 0.15) is 23.1 Å². The molecule has 0 saturated carbocycles. The number of halogens is 2. The number of carboxylic acids is 1. The molecule has 1 amide bonds. The fourth-order valence-corrected chi connectivity index (χ4v) is 5.42. The van der Waals surface area contributed by atoms with E-state index in [9.17, 15) is 28.6 Å². The van der Waals surface area contributed by atoms with Crippen molar-refractivity contribution in [2.24, 2.45) is 0 Å². The molecule has 4 N–H and O–H groups in total. The number of aliphatic hydroxyl groups excluding tert-OH is 2. The van der Waals surface area contributed by atoms with Crippen LogP contribution in [0.1, 0.15) is 67.4 Å². The molecular weight excluding hydrogens is 617 g/mol. The Bertz CT molecular complexity index is 1690. The Kier molecular flexibility index (Phi) is 13.5. The molecule has 4 rings (SSSR count). The van der Waals surface area contributed by atoms with Crippen LogP contribution in [0.15, 0.2) is 78.9 Å². The van der Waals surface area contributed by atoms with Crippen molar-refractivity contribution in [1.29, 1.82) is 0 Å². The number of carbonyl (C=O) groups is 2. The van der Waals surface area contributed by atoms with Crippen molar-refractivity contribution in [1.82, 2.24) is 9.88 Å². The van der Waals surface area contributed by atoms with Gasteiger partial charge in [-0.2, -0.15) is 0 Å². The fourth-order valence-electron chi connectivity index (χ4n) is 5.42. The number of aliphatic hydroxyl groups is 2.